The molecule has 3 N–H and O–H groups in total. The Bertz CT molecular complexity index is 684. The van der Waals surface area contributed by atoms with E-state index in [1.807, 2.05) is 0 Å². The van der Waals surface area contributed by atoms with E-state index >= 15 is 0 Å². The predicted molar refractivity (Wildman–Crippen MR) is 73.6 cm³/mol. The number of furan rings is 1. The molecule has 0 amide bonds. The predicted octanol–water partition coefficient (Wildman–Crippen LogP) is 2.65. The van der Waals surface area contributed by atoms with Crippen molar-refractivity contribution in [3.63, 3.8) is 0 Å². The average Bonchev–Trinajstić information content (AvgIpc) is 2.86. The van der Waals surface area contributed by atoms with Crippen LogP contribution in [0.2, 0.25) is 10.0 Å². The molecular weight excluding hydrogens is 311 g/mol. The molecule has 2 rings (SSSR count). The second-order valence-electron chi connectivity index (χ2n) is 3.73. The highest BCUT2D eigenvalue weighted by Crippen LogP contribution is 2.32. The van der Waals surface area contributed by atoms with Gasteiger partial charge >= 0.3 is 0 Å². The van der Waals surface area contributed by atoms with Crippen molar-refractivity contribution in [1.29, 1.82) is 0 Å². The second kappa shape index (κ2) is 5.42. The van der Waals surface area contributed by atoms with Gasteiger partial charge in [-0.3, -0.25) is 0 Å². The average molecular weight is 321 g/mol. The Kier molecular flexibility index (Phi) is 4.05. The number of benzene rings is 1. The molecule has 0 aliphatic rings. The summed E-state index contributed by atoms with van der Waals surface area (Å²) in [6.07, 6.45) is 2.90. The quantitative estimate of drug-likeness (QED) is 0.848. The molecule has 19 heavy (non-hydrogen) atoms. The van der Waals surface area contributed by atoms with Crippen molar-refractivity contribution in [2.75, 3.05) is 5.73 Å². The van der Waals surface area contributed by atoms with E-state index in [9.17, 15) is 8.42 Å². The number of halogens is 2. The molecule has 5 nitrogen and oxygen atoms in total. The van der Waals surface area contributed by atoms with Gasteiger partial charge in [0.25, 0.3) is 0 Å². The maximum Gasteiger partial charge on any atom is 0.242 e. The van der Waals surface area contributed by atoms with Gasteiger partial charge in [-0.15, -0.1) is 0 Å². The Labute approximate surface area is 120 Å². The molecule has 0 spiro atoms. The molecule has 0 saturated heterocycles. The number of nitrogens with one attached hydrogen (secondary N) is 1. The van der Waals surface area contributed by atoms with Crippen molar-refractivity contribution >= 4 is 38.9 Å². The largest absolute Gasteiger partial charge is 0.472 e. The summed E-state index contributed by atoms with van der Waals surface area (Å²) in [7, 11) is -3.77. The van der Waals surface area contributed by atoms with Gasteiger partial charge in [-0.25, -0.2) is 13.1 Å². The lowest BCUT2D eigenvalue weighted by molar-refractivity contribution is 0.561. The van der Waals surface area contributed by atoms with Gasteiger partial charge in [0.2, 0.25) is 10.0 Å². The summed E-state index contributed by atoms with van der Waals surface area (Å²) < 4.78 is 31.4. The molecular formula is C11H10Cl2N2O3S. The van der Waals surface area contributed by atoms with Crippen LogP contribution in [0, 0.1) is 0 Å². The molecule has 0 bridgehead atoms. The Morgan fingerprint density at radius 2 is 2.00 bits per heavy atom. The summed E-state index contributed by atoms with van der Waals surface area (Å²) in [6, 6.07) is 4.34. The number of anilines is 1. The van der Waals surface area contributed by atoms with Crippen LogP contribution < -0.4 is 10.5 Å². The van der Waals surface area contributed by atoms with Crippen LogP contribution in [0.3, 0.4) is 0 Å². The van der Waals surface area contributed by atoms with Crippen molar-refractivity contribution in [1.82, 2.24) is 4.72 Å². The first-order valence-electron chi connectivity index (χ1n) is 5.16. The zero-order chi connectivity index (χ0) is 14.0. The SMILES string of the molecule is Nc1c(Cl)ccc(S(=O)(=O)NCc2ccoc2)c1Cl. The normalized spacial score (nSPS) is 11.7. The van der Waals surface area contributed by atoms with Gasteiger partial charge in [0, 0.05) is 12.1 Å². The van der Waals surface area contributed by atoms with Crippen LogP contribution in [0.1, 0.15) is 5.56 Å². The number of nitrogens with two attached hydrogens (primary N) is 1. The smallest absolute Gasteiger partial charge is 0.242 e. The third kappa shape index (κ3) is 3.03. The van der Waals surface area contributed by atoms with E-state index in [1.54, 1.807) is 6.07 Å². The number of rotatable bonds is 4. The number of hydrogen-bond donors (Lipinski definition) is 2. The number of hydrogen-bond acceptors (Lipinski definition) is 4. The van der Waals surface area contributed by atoms with Gasteiger partial charge in [0.15, 0.2) is 0 Å². The summed E-state index contributed by atoms with van der Waals surface area (Å²) in [5, 5.41) is 0.117. The van der Waals surface area contributed by atoms with Crippen LogP contribution >= 0.6 is 23.2 Å². The van der Waals surface area contributed by atoms with Crippen LogP contribution in [0.4, 0.5) is 5.69 Å². The summed E-state index contributed by atoms with van der Waals surface area (Å²) in [4.78, 5) is -0.112. The first-order chi connectivity index (χ1) is 8.92. The lowest BCUT2D eigenvalue weighted by Crippen LogP contribution is -2.23. The Hall–Kier alpha value is -1.21. The number of sulfonamides is 1. The Morgan fingerprint density at radius 1 is 1.26 bits per heavy atom. The molecule has 1 aromatic heterocycles. The minimum Gasteiger partial charge on any atom is -0.472 e. The van der Waals surface area contributed by atoms with E-state index < -0.39 is 10.0 Å². The minimum atomic E-state index is -3.77. The lowest BCUT2D eigenvalue weighted by atomic mass is 10.3. The van der Waals surface area contributed by atoms with Crippen LogP contribution in [0.15, 0.2) is 40.0 Å². The Balaban J connectivity index is 2.27. The fraction of sp³-hybridized carbons (Fsp3) is 0.0909. The zero-order valence-electron chi connectivity index (χ0n) is 9.56. The van der Waals surface area contributed by atoms with E-state index in [4.69, 9.17) is 33.4 Å². The van der Waals surface area contributed by atoms with Crippen LogP contribution in [-0.2, 0) is 16.6 Å². The van der Waals surface area contributed by atoms with E-state index in [2.05, 4.69) is 4.72 Å². The van der Waals surface area contributed by atoms with Crippen molar-refractivity contribution in [3.8, 4) is 0 Å². The van der Waals surface area contributed by atoms with Crippen LogP contribution in [0.25, 0.3) is 0 Å². The first kappa shape index (κ1) is 14.2. The van der Waals surface area contributed by atoms with Gasteiger partial charge in [-0.05, 0) is 18.2 Å². The second-order valence-corrected chi connectivity index (χ2v) is 6.25. The van der Waals surface area contributed by atoms with Gasteiger partial charge in [0.05, 0.1) is 28.3 Å². The summed E-state index contributed by atoms with van der Waals surface area (Å²) in [5.74, 6) is 0. The van der Waals surface area contributed by atoms with Gasteiger partial charge < -0.3 is 10.2 Å². The number of nitrogen functional groups attached to an aromatic ring is 1. The first-order valence-corrected chi connectivity index (χ1v) is 7.40. The van der Waals surface area contributed by atoms with Gasteiger partial charge in [0.1, 0.15) is 4.90 Å². The van der Waals surface area contributed by atoms with Crippen LogP contribution in [0.5, 0.6) is 0 Å². The molecule has 0 atom stereocenters. The zero-order valence-corrected chi connectivity index (χ0v) is 11.9. The molecule has 2 aromatic rings. The molecule has 0 unspecified atom stereocenters. The standard InChI is InChI=1S/C11H10Cl2N2O3S/c12-8-1-2-9(10(13)11(8)14)19(16,17)15-5-7-3-4-18-6-7/h1-4,6,15H,5,14H2. The fourth-order valence-corrected chi connectivity index (χ4v) is 3.19. The van der Waals surface area contributed by atoms with Crippen molar-refractivity contribution in [2.24, 2.45) is 0 Å². The van der Waals surface area contributed by atoms with Gasteiger partial charge in [-0.2, -0.15) is 0 Å². The third-order valence-electron chi connectivity index (χ3n) is 2.43. The molecule has 1 aromatic carbocycles. The topological polar surface area (TPSA) is 85.3 Å². The molecule has 0 aliphatic heterocycles. The summed E-state index contributed by atoms with van der Waals surface area (Å²) in [6.45, 7) is 0.0949. The minimum absolute atomic E-state index is 0.0366. The van der Waals surface area contributed by atoms with E-state index in [1.165, 1.54) is 24.7 Å². The molecule has 0 fully saturated rings. The highest BCUT2D eigenvalue weighted by molar-refractivity contribution is 7.89. The van der Waals surface area contributed by atoms with Gasteiger partial charge in [-0.1, -0.05) is 23.2 Å². The highest BCUT2D eigenvalue weighted by Gasteiger charge is 2.20. The molecule has 0 aliphatic carbocycles. The molecule has 8 heteroatoms. The van der Waals surface area contributed by atoms with E-state index in [0.29, 0.717) is 5.56 Å². The monoisotopic (exact) mass is 320 g/mol. The maximum atomic E-state index is 12.1. The van der Waals surface area contributed by atoms with E-state index in [0.717, 1.165) is 0 Å². The van der Waals surface area contributed by atoms with E-state index in [-0.39, 0.29) is 27.2 Å². The fourth-order valence-electron chi connectivity index (χ4n) is 1.41. The molecule has 0 saturated carbocycles. The summed E-state index contributed by atoms with van der Waals surface area (Å²) in [5.41, 5.74) is 6.33. The molecule has 102 valence electrons. The molecule has 0 radical (unpaired) electrons. The van der Waals surface area contributed by atoms with Crippen LogP contribution in [-0.4, -0.2) is 8.42 Å². The van der Waals surface area contributed by atoms with Crippen molar-refractivity contribution in [2.45, 2.75) is 11.4 Å². The van der Waals surface area contributed by atoms with Crippen molar-refractivity contribution < 1.29 is 12.8 Å². The summed E-state index contributed by atoms with van der Waals surface area (Å²) >= 11 is 11.7. The Morgan fingerprint density at radius 3 is 2.63 bits per heavy atom. The maximum absolute atomic E-state index is 12.1. The highest BCUT2D eigenvalue weighted by atomic mass is 35.5. The third-order valence-corrected chi connectivity index (χ3v) is 4.72. The molecule has 1 heterocycles. The van der Waals surface area contributed by atoms with Crippen molar-refractivity contribution in [3.05, 3.63) is 46.3 Å². The lowest BCUT2D eigenvalue weighted by Gasteiger charge is -2.10.